The maximum absolute atomic E-state index is 13.3. The van der Waals surface area contributed by atoms with Gasteiger partial charge in [-0.3, -0.25) is 14.2 Å². The number of ether oxygens (including phenoxy) is 1. The first-order chi connectivity index (χ1) is 14.6. The Morgan fingerprint density at radius 1 is 1.33 bits per heavy atom. The molecule has 4 rings (SSSR count). The summed E-state index contributed by atoms with van der Waals surface area (Å²) < 4.78 is 7.11. The average molecular weight is 446 g/mol. The fourth-order valence-corrected chi connectivity index (χ4v) is 6.11. The van der Waals surface area contributed by atoms with Crippen LogP contribution in [0.3, 0.4) is 0 Å². The third-order valence-corrected chi connectivity index (χ3v) is 7.77. The number of hydrogen-bond acceptors (Lipinski definition) is 6. The van der Waals surface area contributed by atoms with Crippen molar-refractivity contribution in [3.63, 3.8) is 0 Å². The Balaban J connectivity index is 1.67. The van der Waals surface area contributed by atoms with Gasteiger partial charge in [0.15, 0.2) is 5.16 Å². The van der Waals surface area contributed by atoms with E-state index in [-0.39, 0.29) is 17.2 Å². The highest BCUT2D eigenvalue weighted by atomic mass is 32.2. The van der Waals surface area contributed by atoms with Crippen molar-refractivity contribution in [2.24, 2.45) is 0 Å². The van der Waals surface area contributed by atoms with Gasteiger partial charge in [-0.15, -0.1) is 11.8 Å². The Morgan fingerprint density at radius 2 is 2.17 bits per heavy atom. The molecule has 0 radical (unpaired) electrons. The van der Waals surface area contributed by atoms with E-state index < -0.39 is 0 Å². The van der Waals surface area contributed by atoms with Crippen molar-refractivity contribution in [1.29, 1.82) is 0 Å². The molecule has 1 aromatic carbocycles. The molecule has 0 saturated carbocycles. The van der Waals surface area contributed by atoms with Gasteiger partial charge in [-0.2, -0.15) is 0 Å². The molecular formula is C22H27N3O3S2. The fraction of sp³-hybridized carbons (Fsp3) is 0.500. The number of methoxy groups -OCH3 is 1. The minimum Gasteiger partial charge on any atom is -0.495 e. The number of thioether (sulfide) groups is 2. The maximum Gasteiger partial charge on any atom is 0.272 e. The largest absolute Gasteiger partial charge is 0.495 e. The van der Waals surface area contributed by atoms with Crippen LogP contribution in [0.15, 0.2) is 39.1 Å². The lowest BCUT2D eigenvalue weighted by Crippen LogP contribution is -2.44. The number of aryl methyl sites for hydroxylation is 1. The monoisotopic (exact) mass is 445 g/mol. The van der Waals surface area contributed by atoms with Crippen LogP contribution in [0, 0.1) is 0 Å². The molecule has 1 amide bonds. The number of likely N-dealkylation sites (tertiary alicyclic amines) is 1. The summed E-state index contributed by atoms with van der Waals surface area (Å²) >= 11 is 2.91. The van der Waals surface area contributed by atoms with Crippen LogP contribution in [0.2, 0.25) is 0 Å². The summed E-state index contributed by atoms with van der Waals surface area (Å²) in [6.07, 6.45) is 5.09. The number of aromatic nitrogens is 2. The van der Waals surface area contributed by atoms with Gasteiger partial charge < -0.3 is 9.64 Å². The molecule has 0 N–H and O–H groups in total. The number of piperidine rings is 1. The molecule has 0 spiro atoms. The molecule has 2 aliphatic rings. The van der Waals surface area contributed by atoms with Gasteiger partial charge in [0, 0.05) is 24.8 Å². The van der Waals surface area contributed by atoms with Crippen molar-refractivity contribution in [2.75, 3.05) is 25.2 Å². The van der Waals surface area contributed by atoms with Crippen molar-refractivity contribution in [1.82, 2.24) is 14.5 Å². The van der Waals surface area contributed by atoms with Gasteiger partial charge >= 0.3 is 0 Å². The molecule has 0 bridgehead atoms. The topological polar surface area (TPSA) is 64.4 Å². The number of rotatable bonds is 6. The Hall–Kier alpha value is -1.93. The second-order valence-corrected chi connectivity index (χ2v) is 9.56. The van der Waals surface area contributed by atoms with Gasteiger partial charge in [-0.1, -0.05) is 30.8 Å². The van der Waals surface area contributed by atoms with E-state index in [9.17, 15) is 9.59 Å². The number of carbonyl (C=O) groups is 1. The van der Waals surface area contributed by atoms with Gasteiger partial charge in [0.05, 0.1) is 29.1 Å². The van der Waals surface area contributed by atoms with Crippen molar-refractivity contribution < 1.29 is 9.53 Å². The predicted octanol–water partition coefficient (Wildman–Crippen LogP) is 3.77. The highest BCUT2D eigenvalue weighted by Gasteiger charge is 2.27. The fourth-order valence-electron chi connectivity index (χ4n) is 4.18. The molecule has 2 aliphatic heterocycles. The normalized spacial score (nSPS) is 18.3. The van der Waals surface area contributed by atoms with Crippen LogP contribution in [0.1, 0.15) is 38.3 Å². The van der Waals surface area contributed by atoms with Gasteiger partial charge in [0.2, 0.25) is 5.91 Å². The molecular weight excluding hydrogens is 418 g/mol. The first kappa shape index (κ1) is 21.3. The number of fused-ring (bicyclic) bond motifs is 1. The van der Waals surface area contributed by atoms with Crippen molar-refractivity contribution >= 4 is 29.4 Å². The third kappa shape index (κ3) is 4.12. The predicted molar refractivity (Wildman–Crippen MR) is 121 cm³/mol. The quantitative estimate of drug-likeness (QED) is 0.498. The molecule has 1 saturated heterocycles. The molecule has 1 aromatic heterocycles. The van der Waals surface area contributed by atoms with Crippen LogP contribution in [0.5, 0.6) is 5.75 Å². The van der Waals surface area contributed by atoms with E-state index in [2.05, 4.69) is 6.92 Å². The maximum atomic E-state index is 13.3. The van der Waals surface area contributed by atoms with Gasteiger partial charge in [0.1, 0.15) is 5.75 Å². The lowest BCUT2D eigenvalue weighted by Gasteiger charge is -2.35. The van der Waals surface area contributed by atoms with E-state index in [1.165, 1.54) is 18.2 Å². The highest BCUT2D eigenvalue weighted by molar-refractivity contribution is 8.00. The Kier molecular flexibility index (Phi) is 6.73. The summed E-state index contributed by atoms with van der Waals surface area (Å²) in [4.78, 5) is 33.9. The molecule has 1 fully saturated rings. The molecule has 1 atom stereocenters. The van der Waals surface area contributed by atoms with E-state index in [4.69, 9.17) is 9.72 Å². The summed E-state index contributed by atoms with van der Waals surface area (Å²) in [5, 5.41) is 0.559. The highest BCUT2D eigenvalue weighted by Crippen LogP contribution is 2.32. The SMILES string of the molecule is CCC1CCCCN1C(=O)CSc1nc2c(c(=O)n1-c1ccccc1OC)SCC2. The Morgan fingerprint density at radius 3 is 2.97 bits per heavy atom. The number of amides is 1. The molecule has 30 heavy (non-hydrogen) atoms. The number of para-hydroxylation sites is 2. The second-order valence-electron chi connectivity index (χ2n) is 7.51. The number of nitrogens with zero attached hydrogens (tertiary/aromatic N) is 3. The lowest BCUT2D eigenvalue weighted by molar-refractivity contribution is -0.132. The van der Waals surface area contributed by atoms with Crippen molar-refractivity contribution in [3.05, 3.63) is 40.3 Å². The van der Waals surface area contributed by atoms with Crippen LogP contribution < -0.4 is 10.3 Å². The zero-order valence-electron chi connectivity index (χ0n) is 17.4. The summed E-state index contributed by atoms with van der Waals surface area (Å²) in [5.41, 5.74) is 1.43. The van der Waals surface area contributed by atoms with Gasteiger partial charge in [0.25, 0.3) is 5.56 Å². The third-order valence-electron chi connectivity index (χ3n) is 5.74. The average Bonchev–Trinajstić information content (AvgIpc) is 3.26. The molecule has 0 aliphatic carbocycles. The summed E-state index contributed by atoms with van der Waals surface area (Å²) in [7, 11) is 1.59. The first-order valence-electron chi connectivity index (χ1n) is 10.5. The molecule has 8 heteroatoms. The number of hydrogen-bond donors (Lipinski definition) is 0. The standard InChI is InChI=1S/C22H27N3O3S2/c1-3-15-8-6-7-12-24(15)19(26)14-30-22-23-16-11-13-29-20(16)21(27)25(22)17-9-4-5-10-18(17)28-2/h4-5,9-10,15H,3,6-8,11-14H2,1-2H3. The van der Waals surface area contributed by atoms with Crippen LogP contribution in [-0.4, -0.2) is 51.6 Å². The molecule has 2 aromatic rings. The number of benzene rings is 1. The van der Waals surface area contributed by atoms with E-state index in [0.29, 0.717) is 27.5 Å². The van der Waals surface area contributed by atoms with Crippen LogP contribution in [-0.2, 0) is 11.2 Å². The van der Waals surface area contributed by atoms with Gasteiger partial charge in [-0.25, -0.2) is 4.98 Å². The molecule has 3 heterocycles. The van der Waals surface area contributed by atoms with E-state index in [1.54, 1.807) is 23.4 Å². The minimum atomic E-state index is -0.0774. The Bertz CT molecular complexity index is 992. The van der Waals surface area contributed by atoms with E-state index in [1.807, 2.05) is 29.2 Å². The summed E-state index contributed by atoms with van der Waals surface area (Å²) in [6.45, 7) is 2.97. The van der Waals surface area contributed by atoms with Gasteiger partial charge in [-0.05, 0) is 37.8 Å². The number of carbonyl (C=O) groups excluding carboxylic acids is 1. The molecule has 160 valence electrons. The van der Waals surface area contributed by atoms with Crippen LogP contribution in [0.4, 0.5) is 0 Å². The minimum absolute atomic E-state index is 0.0774. The van der Waals surface area contributed by atoms with E-state index >= 15 is 0 Å². The lowest BCUT2D eigenvalue weighted by atomic mass is 10.0. The zero-order chi connectivity index (χ0) is 21.1. The Labute approximate surface area is 185 Å². The molecule has 1 unspecified atom stereocenters. The smallest absolute Gasteiger partial charge is 0.272 e. The van der Waals surface area contributed by atoms with Crippen molar-refractivity contribution in [3.8, 4) is 11.4 Å². The molecule has 6 nitrogen and oxygen atoms in total. The van der Waals surface area contributed by atoms with E-state index in [0.717, 1.165) is 43.7 Å². The summed E-state index contributed by atoms with van der Waals surface area (Å²) in [5.74, 6) is 1.88. The summed E-state index contributed by atoms with van der Waals surface area (Å²) in [6, 6.07) is 7.77. The second kappa shape index (κ2) is 9.47. The first-order valence-corrected chi connectivity index (χ1v) is 12.5. The zero-order valence-corrected chi connectivity index (χ0v) is 19.1. The van der Waals surface area contributed by atoms with Crippen LogP contribution in [0.25, 0.3) is 5.69 Å². The van der Waals surface area contributed by atoms with Crippen LogP contribution >= 0.6 is 23.5 Å². The van der Waals surface area contributed by atoms with Crippen molar-refractivity contribution in [2.45, 2.75) is 55.1 Å².